The summed E-state index contributed by atoms with van der Waals surface area (Å²) in [6.45, 7) is 11.2. The Morgan fingerprint density at radius 2 is 1.53 bits per heavy atom. The maximum atomic E-state index is 14.2. The smallest absolute Gasteiger partial charge is 0.310 e. The molecule has 0 aromatic carbocycles. The largest absolute Gasteiger partial charge is 0.469 e. The molecule has 2 unspecified atom stereocenters. The predicted molar refractivity (Wildman–Crippen MR) is 202 cm³/mol. The van der Waals surface area contributed by atoms with Crippen molar-refractivity contribution < 1.29 is 38.4 Å². The number of amides is 1. The minimum atomic E-state index is -0.524. The molecule has 53 heavy (non-hydrogen) atoms. The highest BCUT2D eigenvalue weighted by atomic mass is 16.5. The number of aryl methyl sites for hydroxylation is 3. The molecule has 4 N–H and O–H groups in total. The summed E-state index contributed by atoms with van der Waals surface area (Å²) in [6, 6.07) is 5.91. The van der Waals surface area contributed by atoms with Crippen LogP contribution < -0.4 is 5.32 Å². The number of methoxy groups -OCH3 is 3. The minimum absolute atomic E-state index is 0.121. The van der Waals surface area contributed by atoms with Crippen LogP contribution in [0.2, 0.25) is 0 Å². The van der Waals surface area contributed by atoms with Gasteiger partial charge in [-0.05, 0) is 74.1 Å². The van der Waals surface area contributed by atoms with Gasteiger partial charge in [0.1, 0.15) is 0 Å². The number of carbonyl (C=O) groups excluding carboxylic acids is 3. The summed E-state index contributed by atoms with van der Waals surface area (Å²) in [6.07, 6.45) is 1.02. The molecular formula is C40H51N5O8. The highest BCUT2D eigenvalue weighted by Gasteiger charge is 2.35. The zero-order valence-corrected chi connectivity index (χ0v) is 32.0. The Morgan fingerprint density at radius 1 is 0.849 bits per heavy atom. The Balaban J connectivity index is 1.89. The highest BCUT2D eigenvalue weighted by Crippen LogP contribution is 2.44. The lowest BCUT2D eigenvalue weighted by molar-refractivity contribution is -0.141. The Kier molecular flexibility index (Phi) is 12.9. The van der Waals surface area contributed by atoms with E-state index in [-0.39, 0.29) is 56.3 Å². The number of aliphatic hydroxyl groups is 1. The van der Waals surface area contributed by atoms with Gasteiger partial charge in [0.25, 0.3) is 5.91 Å². The number of nitrogens with zero attached hydrogens (tertiary/aromatic N) is 2. The first-order valence-corrected chi connectivity index (χ1v) is 18.0. The van der Waals surface area contributed by atoms with Crippen molar-refractivity contribution in [1.82, 2.24) is 25.3 Å². The summed E-state index contributed by atoms with van der Waals surface area (Å²) in [5.74, 6) is -1.79. The molecule has 0 saturated carbocycles. The molecule has 0 saturated heterocycles. The Labute approximate surface area is 309 Å². The van der Waals surface area contributed by atoms with E-state index < -0.39 is 5.97 Å². The Morgan fingerprint density at radius 3 is 2.19 bits per heavy atom. The van der Waals surface area contributed by atoms with E-state index in [1.54, 1.807) is 7.11 Å². The van der Waals surface area contributed by atoms with Gasteiger partial charge in [-0.25, -0.2) is 4.98 Å². The fourth-order valence-corrected chi connectivity index (χ4v) is 7.25. The van der Waals surface area contributed by atoms with Gasteiger partial charge < -0.3 is 39.3 Å². The molecule has 284 valence electrons. The second-order valence-corrected chi connectivity index (χ2v) is 13.4. The molecule has 5 rings (SSSR count). The van der Waals surface area contributed by atoms with E-state index in [0.29, 0.717) is 59.1 Å². The number of aromatic amines is 2. The van der Waals surface area contributed by atoms with Crippen molar-refractivity contribution in [1.29, 1.82) is 0 Å². The number of esters is 2. The van der Waals surface area contributed by atoms with Crippen LogP contribution in [0.15, 0.2) is 18.2 Å². The van der Waals surface area contributed by atoms with Crippen LogP contribution in [0.4, 0.5) is 0 Å². The van der Waals surface area contributed by atoms with Crippen molar-refractivity contribution >= 4 is 51.1 Å². The van der Waals surface area contributed by atoms with E-state index >= 15 is 0 Å². The van der Waals surface area contributed by atoms with Gasteiger partial charge in [0.05, 0.1) is 69.7 Å². The normalized spacial score (nSPS) is 15.5. The fraction of sp³-hybridized carbons (Fsp3) is 0.475. The monoisotopic (exact) mass is 729 g/mol. The van der Waals surface area contributed by atoms with E-state index in [2.05, 4.69) is 29.1 Å². The molecule has 0 aliphatic carbocycles. The number of aromatic nitrogens is 4. The maximum Gasteiger partial charge on any atom is 0.310 e. The fourth-order valence-electron chi connectivity index (χ4n) is 7.25. The second-order valence-electron chi connectivity index (χ2n) is 13.4. The molecule has 13 nitrogen and oxygen atoms in total. The van der Waals surface area contributed by atoms with E-state index in [0.717, 1.165) is 50.7 Å². The van der Waals surface area contributed by atoms with Crippen LogP contribution in [0.1, 0.15) is 96.0 Å². The molecule has 13 heteroatoms. The number of allylic oxidation sites excluding steroid dienone is 1. The van der Waals surface area contributed by atoms with Crippen molar-refractivity contribution in [3.8, 4) is 0 Å². The lowest BCUT2D eigenvalue weighted by Crippen LogP contribution is -2.29. The van der Waals surface area contributed by atoms with Crippen molar-refractivity contribution in [2.24, 2.45) is 0 Å². The van der Waals surface area contributed by atoms with Crippen molar-refractivity contribution in [2.45, 2.75) is 78.7 Å². The third-order valence-electron chi connectivity index (χ3n) is 10.4. The lowest BCUT2D eigenvalue weighted by atomic mass is 9.84. The predicted octanol–water partition coefficient (Wildman–Crippen LogP) is 5.25. The third kappa shape index (κ3) is 8.22. The molecule has 2 atom stereocenters. The third-order valence-corrected chi connectivity index (χ3v) is 10.4. The van der Waals surface area contributed by atoms with E-state index in [1.165, 1.54) is 14.2 Å². The zero-order chi connectivity index (χ0) is 38.4. The van der Waals surface area contributed by atoms with Crippen molar-refractivity contribution in [3.05, 3.63) is 68.8 Å². The number of rotatable bonds is 14. The molecule has 2 aliphatic rings. The summed E-state index contributed by atoms with van der Waals surface area (Å²) >= 11 is 0. The second kappa shape index (κ2) is 17.3. The van der Waals surface area contributed by atoms with Gasteiger partial charge >= 0.3 is 11.9 Å². The number of hydrogen-bond acceptors (Lipinski definition) is 10. The number of ether oxygens (including phenoxy) is 4. The van der Waals surface area contributed by atoms with Crippen LogP contribution in [0, 0.1) is 13.8 Å². The summed E-state index contributed by atoms with van der Waals surface area (Å²) in [5.41, 5.74) is 10.6. The molecule has 0 spiro atoms. The lowest BCUT2D eigenvalue weighted by Gasteiger charge is -2.18. The first-order chi connectivity index (χ1) is 25.5. The summed E-state index contributed by atoms with van der Waals surface area (Å²) in [4.78, 5) is 57.2. The van der Waals surface area contributed by atoms with E-state index in [1.807, 2.05) is 39.0 Å². The number of H-pyrrole nitrogens is 2. The van der Waals surface area contributed by atoms with Gasteiger partial charge in [-0.15, -0.1) is 0 Å². The van der Waals surface area contributed by atoms with Crippen LogP contribution >= 0.6 is 0 Å². The average Bonchev–Trinajstić information content (AvgIpc) is 3.83. The molecule has 3 aromatic rings. The summed E-state index contributed by atoms with van der Waals surface area (Å²) in [5, 5.41) is 13.5. The molecule has 0 fully saturated rings. The molecule has 8 bridgehead atoms. The molecule has 3 aromatic heterocycles. The SMILES string of the molecule is CCc1c(C)c2cc3[nH]c(cc4nc(c(CC(=O)OC)c5nc(cc1[nH]2)C(C)=C5C(=O)NCCOCCOC)C(CCC(=O)OC)C4C)c(C)c3CO. The molecule has 0 radical (unpaired) electrons. The Hall–Kier alpha value is -4.85. The number of hydrogen-bond donors (Lipinski definition) is 4. The number of aliphatic hydroxyl groups excluding tert-OH is 1. The van der Waals surface area contributed by atoms with Crippen LogP contribution in [-0.2, 0) is 52.8 Å². The van der Waals surface area contributed by atoms with Gasteiger partial charge in [0.2, 0.25) is 0 Å². The highest BCUT2D eigenvalue weighted by molar-refractivity contribution is 6.27. The van der Waals surface area contributed by atoms with Gasteiger partial charge in [-0.1, -0.05) is 13.8 Å². The summed E-state index contributed by atoms with van der Waals surface area (Å²) < 4.78 is 20.8. The summed E-state index contributed by atoms with van der Waals surface area (Å²) in [7, 11) is 4.26. The quantitative estimate of drug-likeness (QED) is 0.127. The van der Waals surface area contributed by atoms with Crippen LogP contribution in [-0.4, -0.2) is 90.6 Å². The van der Waals surface area contributed by atoms with Crippen LogP contribution in [0.3, 0.4) is 0 Å². The number of fused-ring (bicyclic) bond motifs is 8. The maximum absolute atomic E-state index is 14.2. The van der Waals surface area contributed by atoms with Gasteiger partial charge in [-0.2, -0.15) is 0 Å². The molecule has 1 amide bonds. The standard InChI is InChI=1S/C40H51N5O8/c1-9-25-21(2)30-18-34-28(20-46)23(4)29(43-34)17-31-22(3)26(10-11-35(47)51-7)38(44-31)27(16-36(48)52-8)39-37(24(5)32(45-39)19-33(25)42-30)40(49)41-12-13-53-15-14-50-6/h17-19,22,26,42-43,46H,9-16,20H2,1-8H3,(H,41,49). The Bertz CT molecular complexity index is 2080. The molecule has 2 aliphatic heterocycles. The van der Waals surface area contributed by atoms with Crippen molar-refractivity contribution in [2.75, 3.05) is 47.7 Å². The van der Waals surface area contributed by atoms with E-state index in [4.69, 9.17) is 28.9 Å². The number of carbonyl (C=O) groups is 3. The first kappa shape index (κ1) is 39.4. The van der Waals surface area contributed by atoms with Crippen LogP contribution in [0.25, 0.3) is 33.2 Å². The minimum Gasteiger partial charge on any atom is -0.469 e. The van der Waals surface area contributed by atoms with Gasteiger partial charge in [0.15, 0.2) is 0 Å². The molecular weight excluding hydrogens is 678 g/mol. The van der Waals surface area contributed by atoms with Crippen LogP contribution in [0.5, 0.6) is 0 Å². The average molecular weight is 730 g/mol. The van der Waals surface area contributed by atoms with Crippen molar-refractivity contribution in [3.63, 3.8) is 0 Å². The number of nitrogens with one attached hydrogen (secondary N) is 3. The van der Waals surface area contributed by atoms with E-state index in [9.17, 15) is 19.5 Å². The van der Waals surface area contributed by atoms with Gasteiger partial charge in [0, 0.05) is 70.8 Å². The first-order valence-electron chi connectivity index (χ1n) is 18.0. The zero-order valence-electron chi connectivity index (χ0n) is 32.0. The molecule has 5 heterocycles. The topological polar surface area (TPSA) is 178 Å². The van der Waals surface area contributed by atoms with Gasteiger partial charge in [-0.3, -0.25) is 19.4 Å².